The van der Waals surface area contributed by atoms with Crippen LogP contribution in [0.3, 0.4) is 0 Å². The van der Waals surface area contributed by atoms with Gasteiger partial charge in [-0.05, 0) is 141 Å². The molecule has 0 N–H and O–H groups in total. The van der Waals surface area contributed by atoms with Gasteiger partial charge in [0.1, 0.15) is 0 Å². The number of nitrogens with zero attached hydrogens (tertiary/aromatic N) is 4. The fourth-order valence-corrected chi connectivity index (χ4v) is 7.58. The van der Waals surface area contributed by atoms with E-state index in [0.29, 0.717) is 11.1 Å². The van der Waals surface area contributed by atoms with Crippen molar-refractivity contribution in [3.8, 4) is 34.4 Å². The standard InChI is InChI=1S/C52H34N4/c53-35-37-27-38(36-54)29-43(28-37)39-23-25-51-41(30-39)21-22-42-31-40(24-26-52(42)51)44-32-49(55(45-13-5-1-6-14-45)46-15-7-2-8-16-46)34-50(33-44)56(47-17-9-3-10-18-47)48-19-11-4-12-20-48/h1-34H. The molecule has 0 aliphatic rings. The van der Waals surface area contributed by atoms with Crippen molar-refractivity contribution in [3.63, 3.8) is 0 Å². The van der Waals surface area contributed by atoms with Gasteiger partial charge in [-0.15, -0.1) is 0 Å². The smallest absolute Gasteiger partial charge is 0.0992 e. The lowest BCUT2D eigenvalue weighted by atomic mass is 9.94. The molecule has 0 amide bonds. The molecule has 9 aromatic carbocycles. The number of nitriles is 2. The van der Waals surface area contributed by atoms with Crippen LogP contribution in [0.4, 0.5) is 34.1 Å². The molecule has 4 nitrogen and oxygen atoms in total. The van der Waals surface area contributed by atoms with Crippen LogP contribution in [-0.4, -0.2) is 0 Å². The lowest BCUT2D eigenvalue weighted by Gasteiger charge is -2.30. The minimum Gasteiger partial charge on any atom is -0.310 e. The number of hydrogen-bond acceptors (Lipinski definition) is 4. The van der Waals surface area contributed by atoms with E-state index in [-0.39, 0.29) is 0 Å². The van der Waals surface area contributed by atoms with Gasteiger partial charge in [0, 0.05) is 34.1 Å². The van der Waals surface area contributed by atoms with Gasteiger partial charge in [0.05, 0.1) is 23.3 Å². The maximum atomic E-state index is 9.55. The zero-order valence-electron chi connectivity index (χ0n) is 30.4. The first kappa shape index (κ1) is 33.9. The van der Waals surface area contributed by atoms with Crippen molar-refractivity contribution in [2.75, 3.05) is 9.80 Å². The Bertz CT molecular complexity index is 2720. The highest BCUT2D eigenvalue weighted by Gasteiger charge is 2.19. The zero-order valence-corrected chi connectivity index (χ0v) is 30.4. The SMILES string of the molecule is N#Cc1cc(C#N)cc(-c2ccc3c(ccc4cc(-c5cc(N(c6ccccc6)c6ccccc6)cc(N(c6ccccc6)c6ccccc6)c5)ccc43)c2)c1. The molecule has 262 valence electrons. The van der Waals surface area contributed by atoms with Crippen LogP contribution in [0.1, 0.15) is 11.1 Å². The van der Waals surface area contributed by atoms with Gasteiger partial charge in [-0.2, -0.15) is 10.5 Å². The van der Waals surface area contributed by atoms with Gasteiger partial charge < -0.3 is 9.80 Å². The van der Waals surface area contributed by atoms with E-state index in [0.717, 1.165) is 77.9 Å². The Morgan fingerprint density at radius 1 is 0.286 bits per heavy atom. The Balaban J connectivity index is 1.21. The first-order valence-electron chi connectivity index (χ1n) is 18.5. The zero-order chi connectivity index (χ0) is 37.8. The predicted octanol–water partition coefficient (Wildman–Crippen LogP) is 14.0. The highest BCUT2D eigenvalue weighted by molar-refractivity contribution is 6.09. The van der Waals surface area contributed by atoms with Gasteiger partial charge >= 0.3 is 0 Å². The van der Waals surface area contributed by atoms with Crippen molar-refractivity contribution >= 4 is 55.7 Å². The molecular weight excluding hydrogens is 681 g/mol. The van der Waals surface area contributed by atoms with E-state index in [1.165, 1.54) is 0 Å². The van der Waals surface area contributed by atoms with Crippen molar-refractivity contribution < 1.29 is 0 Å². The molecule has 4 heteroatoms. The second kappa shape index (κ2) is 14.8. The normalized spacial score (nSPS) is 10.8. The number of rotatable bonds is 8. The van der Waals surface area contributed by atoms with E-state index in [1.807, 2.05) is 12.1 Å². The second-order valence-corrected chi connectivity index (χ2v) is 13.7. The predicted molar refractivity (Wildman–Crippen MR) is 231 cm³/mol. The summed E-state index contributed by atoms with van der Waals surface area (Å²) in [6.45, 7) is 0. The van der Waals surface area contributed by atoms with Crippen LogP contribution in [0, 0.1) is 22.7 Å². The van der Waals surface area contributed by atoms with E-state index >= 15 is 0 Å². The third kappa shape index (κ3) is 6.60. The molecule has 0 aliphatic carbocycles. The Labute approximate surface area is 326 Å². The van der Waals surface area contributed by atoms with Gasteiger partial charge in [-0.1, -0.05) is 109 Å². The molecule has 0 fully saturated rings. The molecule has 0 aliphatic heterocycles. The van der Waals surface area contributed by atoms with Crippen molar-refractivity contribution in [2.24, 2.45) is 0 Å². The molecule has 0 spiro atoms. The highest BCUT2D eigenvalue weighted by atomic mass is 15.2. The molecule has 0 aromatic heterocycles. The maximum absolute atomic E-state index is 9.55. The molecular formula is C52H34N4. The molecule has 0 saturated carbocycles. The van der Waals surface area contributed by atoms with Gasteiger partial charge in [0.15, 0.2) is 0 Å². The minimum absolute atomic E-state index is 0.476. The van der Waals surface area contributed by atoms with Crippen LogP contribution in [0.15, 0.2) is 206 Å². The highest BCUT2D eigenvalue weighted by Crippen LogP contribution is 2.43. The molecule has 56 heavy (non-hydrogen) atoms. The van der Waals surface area contributed by atoms with Crippen molar-refractivity contribution in [1.82, 2.24) is 0 Å². The lowest BCUT2D eigenvalue weighted by molar-refractivity contribution is 1.25. The van der Waals surface area contributed by atoms with E-state index in [2.05, 4.69) is 210 Å². The monoisotopic (exact) mass is 714 g/mol. The van der Waals surface area contributed by atoms with E-state index in [4.69, 9.17) is 0 Å². The Hall–Kier alpha value is -7.92. The number of fused-ring (bicyclic) bond motifs is 3. The molecule has 0 bridgehead atoms. The largest absolute Gasteiger partial charge is 0.310 e. The summed E-state index contributed by atoms with van der Waals surface area (Å²) >= 11 is 0. The molecule has 0 radical (unpaired) electrons. The summed E-state index contributed by atoms with van der Waals surface area (Å²) in [6.07, 6.45) is 0. The lowest BCUT2D eigenvalue weighted by Crippen LogP contribution is -2.13. The fourth-order valence-electron chi connectivity index (χ4n) is 7.58. The van der Waals surface area contributed by atoms with E-state index in [1.54, 1.807) is 6.07 Å². The average molecular weight is 715 g/mol. The summed E-state index contributed by atoms with van der Waals surface area (Å²) < 4.78 is 0. The molecule has 9 rings (SSSR count). The van der Waals surface area contributed by atoms with Crippen LogP contribution in [0.2, 0.25) is 0 Å². The first-order valence-corrected chi connectivity index (χ1v) is 18.5. The summed E-state index contributed by atoms with van der Waals surface area (Å²) in [4.78, 5) is 4.64. The summed E-state index contributed by atoms with van der Waals surface area (Å²) in [5.74, 6) is 0. The van der Waals surface area contributed by atoms with Crippen LogP contribution >= 0.6 is 0 Å². The van der Waals surface area contributed by atoms with Gasteiger partial charge in [0.25, 0.3) is 0 Å². The fraction of sp³-hybridized carbons (Fsp3) is 0. The molecule has 0 heterocycles. The molecule has 0 saturated heterocycles. The van der Waals surface area contributed by atoms with Gasteiger partial charge in [-0.25, -0.2) is 0 Å². The third-order valence-corrected chi connectivity index (χ3v) is 10.2. The Morgan fingerprint density at radius 2 is 0.643 bits per heavy atom. The summed E-state index contributed by atoms with van der Waals surface area (Å²) in [5, 5.41) is 23.6. The van der Waals surface area contributed by atoms with Gasteiger partial charge in [0.2, 0.25) is 0 Å². The van der Waals surface area contributed by atoms with Crippen LogP contribution in [0.5, 0.6) is 0 Å². The number of anilines is 6. The van der Waals surface area contributed by atoms with Crippen LogP contribution in [0.25, 0.3) is 43.8 Å². The second-order valence-electron chi connectivity index (χ2n) is 13.7. The summed E-state index contributed by atoms with van der Waals surface area (Å²) in [7, 11) is 0. The Morgan fingerprint density at radius 3 is 1.00 bits per heavy atom. The maximum Gasteiger partial charge on any atom is 0.0992 e. The van der Waals surface area contributed by atoms with Gasteiger partial charge in [-0.3, -0.25) is 0 Å². The van der Waals surface area contributed by atoms with E-state index in [9.17, 15) is 10.5 Å². The van der Waals surface area contributed by atoms with Crippen molar-refractivity contribution in [3.05, 3.63) is 217 Å². The molecule has 9 aromatic rings. The van der Waals surface area contributed by atoms with E-state index < -0.39 is 0 Å². The van der Waals surface area contributed by atoms with Crippen molar-refractivity contribution in [1.29, 1.82) is 10.5 Å². The number of para-hydroxylation sites is 4. The van der Waals surface area contributed by atoms with Crippen molar-refractivity contribution in [2.45, 2.75) is 0 Å². The summed E-state index contributed by atoms with van der Waals surface area (Å²) in [5.41, 5.74) is 11.3. The minimum atomic E-state index is 0.476. The average Bonchev–Trinajstić information content (AvgIpc) is 3.27. The Kier molecular flexibility index (Phi) is 8.98. The first-order chi connectivity index (χ1) is 27.6. The topological polar surface area (TPSA) is 54.1 Å². The summed E-state index contributed by atoms with van der Waals surface area (Å²) in [6, 6.07) is 76.1. The number of benzene rings is 9. The number of hydrogen-bond donors (Lipinski definition) is 0. The van der Waals surface area contributed by atoms with Crippen LogP contribution in [-0.2, 0) is 0 Å². The molecule has 0 unspecified atom stereocenters. The van der Waals surface area contributed by atoms with Crippen LogP contribution < -0.4 is 9.80 Å². The molecule has 0 atom stereocenters. The third-order valence-electron chi connectivity index (χ3n) is 10.2. The quantitative estimate of drug-likeness (QED) is 0.147.